The van der Waals surface area contributed by atoms with Crippen molar-refractivity contribution in [3.63, 3.8) is 0 Å². The molecule has 1 amide bonds. The van der Waals surface area contributed by atoms with Gasteiger partial charge in [-0.2, -0.15) is 5.26 Å². The van der Waals surface area contributed by atoms with Crippen LogP contribution in [0, 0.1) is 11.3 Å². The third kappa shape index (κ3) is 4.36. The lowest BCUT2D eigenvalue weighted by Gasteiger charge is -2.09. The molecule has 0 fully saturated rings. The summed E-state index contributed by atoms with van der Waals surface area (Å²) in [5, 5.41) is 15.0. The van der Waals surface area contributed by atoms with Crippen LogP contribution in [0.4, 0.5) is 11.4 Å². The maximum Gasteiger partial charge on any atom is 0.224 e. The van der Waals surface area contributed by atoms with Crippen molar-refractivity contribution >= 4 is 17.3 Å². The highest BCUT2D eigenvalue weighted by Crippen LogP contribution is 2.16. The minimum Gasteiger partial charge on any atom is -0.381 e. The number of benzene rings is 2. The maximum absolute atomic E-state index is 11.4. The maximum atomic E-state index is 11.4. The fourth-order valence-corrected chi connectivity index (χ4v) is 1.91. The number of amides is 1. The topological polar surface area (TPSA) is 64.9 Å². The minimum absolute atomic E-state index is 0.00567. The summed E-state index contributed by atoms with van der Waals surface area (Å²) >= 11 is 0. The summed E-state index contributed by atoms with van der Waals surface area (Å²) in [6.45, 7) is 2.44. The standard InChI is InChI=1S/C17H17N3O/c1-2-17(21)20-16-8-4-7-15(10-16)19-12-14-6-3-5-13(9-14)11-18/h3-10,19H,2,12H2,1H3,(H,20,21). The molecule has 0 heterocycles. The van der Waals surface area contributed by atoms with Crippen molar-refractivity contribution in [2.45, 2.75) is 19.9 Å². The highest BCUT2D eigenvalue weighted by atomic mass is 16.1. The molecular formula is C17H17N3O. The van der Waals surface area contributed by atoms with E-state index in [-0.39, 0.29) is 5.91 Å². The van der Waals surface area contributed by atoms with Crippen LogP contribution >= 0.6 is 0 Å². The van der Waals surface area contributed by atoms with Gasteiger partial charge < -0.3 is 10.6 Å². The van der Waals surface area contributed by atoms with Crippen molar-refractivity contribution in [3.8, 4) is 6.07 Å². The molecule has 0 bridgehead atoms. The van der Waals surface area contributed by atoms with Gasteiger partial charge in [0.15, 0.2) is 0 Å². The van der Waals surface area contributed by atoms with E-state index in [1.165, 1.54) is 0 Å². The van der Waals surface area contributed by atoms with Crippen LogP contribution in [0.2, 0.25) is 0 Å². The molecule has 0 atom stereocenters. The van der Waals surface area contributed by atoms with Crippen molar-refractivity contribution < 1.29 is 4.79 Å². The van der Waals surface area contributed by atoms with Crippen LogP contribution in [0.3, 0.4) is 0 Å². The first kappa shape index (κ1) is 14.6. The van der Waals surface area contributed by atoms with Gasteiger partial charge in [0.2, 0.25) is 5.91 Å². The molecule has 2 N–H and O–H groups in total. The van der Waals surface area contributed by atoms with E-state index in [2.05, 4.69) is 16.7 Å². The first-order valence-corrected chi connectivity index (χ1v) is 6.84. The molecule has 4 nitrogen and oxygen atoms in total. The van der Waals surface area contributed by atoms with Crippen molar-refractivity contribution in [1.29, 1.82) is 5.26 Å². The van der Waals surface area contributed by atoms with Gasteiger partial charge >= 0.3 is 0 Å². The second-order valence-electron chi connectivity index (χ2n) is 4.65. The zero-order valence-electron chi connectivity index (χ0n) is 11.9. The Kier molecular flexibility index (Phi) is 4.94. The minimum atomic E-state index is -0.00567. The normalized spacial score (nSPS) is 9.71. The van der Waals surface area contributed by atoms with E-state index >= 15 is 0 Å². The fraction of sp³-hybridized carbons (Fsp3) is 0.176. The summed E-state index contributed by atoms with van der Waals surface area (Å²) in [5.41, 5.74) is 3.39. The Morgan fingerprint density at radius 3 is 2.67 bits per heavy atom. The van der Waals surface area contributed by atoms with Gasteiger partial charge in [0, 0.05) is 24.3 Å². The van der Waals surface area contributed by atoms with Gasteiger partial charge in [-0.05, 0) is 35.9 Å². The van der Waals surface area contributed by atoms with Gasteiger partial charge in [0.25, 0.3) is 0 Å². The smallest absolute Gasteiger partial charge is 0.224 e. The summed E-state index contributed by atoms with van der Waals surface area (Å²) in [7, 11) is 0. The van der Waals surface area contributed by atoms with E-state index in [0.717, 1.165) is 16.9 Å². The zero-order chi connectivity index (χ0) is 15.1. The molecule has 21 heavy (non-hydrogen) atoms. The first-order chi connectivity index (χ1) is 10.2. The number of hydrogen-bond acceptors (Lipinski definition) is 3. The number of carbonyl (C=O) groups is 1. The van der Waals surface area contributed by atoms with Crippen LogP contribution in [0.1, 0.15) is 24.5 Å². The summed E-state index contributed by atoms with van der Waals surface area (Å²) in [6, 6.07) is 17.2. The van der Waals surface area contributed by atoms with Crippen LogP contribution in [0.25, 0.3) is 0 Å². The summed E-state index contributed by atoms with van der Waals surface area (Å²) in [4.78, 5) is 11.4. The van der Waals surface area contributed by atoms with Crippen molar-refractivity contribution in [2.24, 2.45) is 0 Å². The van der Waals surface area contributed by atoms with Gasteiger partial charge in [-0.15, -0.1) is 0 Å². The Morgan fingerprint density at radius 2 is 1.90 bits per heavy atom. The van der Waals surface area contributed by atoms with Crippen LogP contribution in [0.15, 0.2) is 48.5 Å². The average molecular weight is 279 g/mol. The number of carbonyl (C=O) groups excluding carboxylic acids is 1. The molecule has 0 aliphatic heterocycles. The molecular weight excluding hydrogens is 262 g/mol. The van der Waals surface area contributed by atoms with E-state index in [9.17, 15) is 4.79 Å². The Labute approximate surface area is 124 Å². The third-order valence-electron chi connectivity index (χ3n) is 3.02. The van der Waals surface area contributed by atoms with Gasteiger partial charge in [-0.1, -0.05) is 25.1 Å². The molecule has 0 aliphatic rings. The van der Waals surface area contributed by atoms with Crippen LogP contribution in [0.5, 0.6) is 0 Å². The van der Waals surface area contributed by atoms with Crippen molar-refractivity contribution in [2.75, 3.05) is 10.6 Å². The lowest BCUT2D eigenvalue weighted by molar-refractivity contribution is -0.115. The summed E-state index contributed by atoms with van der Waals surface area (Å²) < 4.78 is 0. The Morgan fingerprint density at radius 1 is 1.14 bits per heavy atom. The second-order valence-corrected chi connectivity index (χ2v) is 4.65. The van der Waals surface area contributed by atoms with Gasteiger partial charge in [-0.3, -0.25) is 4.79 Å². The Balaban J connectivity index is 2.01. The molecule has 2 aromatic carbocycles. The summed E-state index contributed by atoms with van der Waals surface area (Å²) in [6.07, 6.45) is 0.457. The number of hydrogen-bond donors (Lipinski definition) is 2. The quantitative estimate of drug-likeness (QED) is 0.880. The molecule has 0 spiro atoms. The molecule has 2 rings (SSSR count). The van der Waals surface area contributed by atoms with Gasteiger partial charge in [-0.25, -0.2) is 0 Å². The average Bonchev–Trinajstić information content (AvgIpc) is 2.53. The zero-order valence-corrected chi connectivity index (χ0v) is 11.9. The molecule has 4 heteroatoms. The molecule has 106 valence electrons. The van der Waals surface area contributed by atoms with E-state index in [4.69, 9.17) is 5.26 Å². The fourth-order valence-electron chi connectivity index (χ4n) is 1.91. The number of nitrogens with one attached hydrogen (secondary N) is 2. The monoisotopic (exact) mass is 279 g/mol. The molecule has 0 radical (unpaired) electrons. The van der Waals surface area contributed by atoms with E-state index < -0.39 is 0 Å². The number of nitrogens with zero attached hydrogens (tertiary/aromatic N) is 1. The SMILES string of the molecule is CCC(=O)Nc1cccc(NCc2cccc(C#N)c2)c1. The van der Waals surface area contributed by atoms with Gasteiger partial charge in [0.05, 0.1) is 11.6 Å². The van der Waals surface area contributed by atoms with E-state index in [0.29, 0.717) is 18.5 Å². The molecule has 0 saturated carbocycles. The van der Waals surface area contributed by atoms with Crippen LogP contribution < -0.4 is 10.6 Å². The highest BCUT2D eigenvalue weighted by Gasteiger charge is 2.00. The number of rotatable bonds is 5. The predicted molar refractivity (Wildman–Crippen MR) is 83.8 cm³/mol. The lowest BCUT2D eigenvalue weighted by Crippen LogP contribution is -2.09. The van der Waals surface area contributed by atoms with Crippen molar-refractivity contribution in [1.82, 2.24) is 0 Å². The predicted octanol–water partition coefficient (Wildman–Crippen LogP) is 3.52. The van der Waals surface area contributed by atoms with Crippen molar-refractivity contribution in [3.05, 3.63) is 59.7 Å². The Hall–Kier alpha value is -2.80. The molecule has 0 saturated heterocycles. The lowest BCUT2D eigenvalue weighted by atomic mass is 10.1. The van der Waals surface area contributed by atoms with E-state index in [1.54, 1.807) is 6.07 Å². The third-order valence-corrected chi connectivity index (χ3v) is 3.02. The molecule has 0 aliphatic carbocycles. The number of nitriles is 1. The molecule has 2 aromatic rings. The highest BCUT2D eigenvalue weighted by molar-refractivity contribution is 5.90. The molecule has 0 unspecified atom stereocenters. The number of anilines is 2. The Bertz CT molecular complexity index is 674. The largest absolute Gasteiger partial charge is 0.381 e. The second kappa shape index (κ2) is 7.11. The van der Waals surface area contributed by atoms with E-state index in [1.807, 2.05) is 49.4 Å². The summed E-state index contributed by atoms with van der Waals surface area (Å²) in [5.74, 6) is -0.00567. The molecule has 0 aromatic heterocycles. The van der Waals surface area contributed by atoms with Crippen LogP contribution in [-0.2, 0) is 11.3 Å². The first-order valence-electron chi connectivity index (χ1n) is 6.84. The van der Waals surface area contributed by atoms with Crippen LogP contribution in [-0.4, -0.2) is 5.91 Å². The van der Waals surface area contributed by atoms with Gasteiger partial charge in [0.1, 0.15) is 0 Å².